The molecule has 1 aromatic heterocycles. The van der Waals surface area contributed by atoms with Crippen molar-refractivity contribution in [1.82, 2.24) is 4.98 Å². The standard InChI is InChI=1S/C15H10BrFN2O2S2/c16-11-3-1-10(2-4-11)14-9-22-15(18-14)19-23(20,21)13-7-5-12(17)6-8-13/h1-9H,(H,18,19). The summed E-state index contributed by atoms with van der Waals surface area (Å²) in [4.78, 5) is 4.26. The summed E-state index contributed by atoms with van der Waals surface area (Å²) in [6, 6.07) is 12.2. The number of nitrogens with zero attached hydrogens (tertiary/aromatic N) is 1. The lowest BCUT2D eigenvalue weighted by molar-refractivity contribution is 0.599. The number of sulfonamides is 1. The van der Waals surface area contributed by atoms with Crippen molar-refractivity contribution in [2.24, 2.45) is 0 Å². The van der Waals surface area contributed by atoms with E-state index in [9.17, 15) is 12.8 Å². The van der Waals surface area contributed by atoms with E-state index in [0.717, 1.165) is 22.2 Å². The minimum atomic E-state index is -3.78. The Morgan fingerprint density at radius 1 is 1.04 bits per heavy atom. The summed E-state index contributed by atoms with van der Waals surface area (Å²) in [7, 11) is -3.78. The molecule has 0 aliphatic carbocycles. The van der Waals surface area contributed by atoms with Crippen LogP contribution in [0.2, 0.25) is 0 Å². The minimum Gasteiger partial charge on any atom is -0.255 e. The fourth-order valence-corrected chi connectivity index (χ4v) is 4.10. The van der Waals surface area contributed by atoms with Gasteiger partial charge < -0.3 is 0 Å². The molecule has 1 N–H and O–H groups in total. The number of rotatable bonds is 4. The summed E-state index contributed by atoms with van der Waals surface area (Å²) in [5, 5.41) is 2.03. The van der Waals surface area contributed by atoms with E-state index in [4.69, 9.17) is 0 Å². The lowest BCUT2D eigenvalue weighted by Crippen LogP contribution is -2.12. The average molecular weight is 413 g/mol. The molecule has 2 aromatic carbocycles. The van der Waals surface area contributed by atoms with Gasteiger partial charge in [0, 0.05) is 15.4 Å². The number of nitrogens with one attached hydrogen (secondary N) is 1. The van der Waals surface area contributed by atoms with E-state index in [0.29, 0.717) is 5.69 Å². The van der Waals surface area contributed by atoms with E-state index in [1.165, 1.54) is 23.5 Å². The number of aromatic nitrogens is 1. The van der Waals surface area contributed by atoms with Crippen LogP contribution in [0.25, 0.3) is 11.3 Å². The Balaban J connectivity index is 1.83. The summed E-state index contributed by atoms with van der Waals surface area (Å²) < 4.78 is 40.7. The first-order valence-electron chi connectivity index (χ1n) is 6.44. The Morgan fingerprint density at radius 2 is 1.70 bits per heavy atom. The molecule has 118 valence electrons. The smallest absolute Gasteiger partial charge is 0.255 e. The van der Waals surface area contributed by atoms with Crippen LogP contribution in [0.5, 0.6) is 0 Å². The van der Waals surface area contributed by atoms with Gasteiger partial charge in [-0.25, -0.2) is 17.8 Å². The van der Waals surface area contributed by atoms with Crippen molar-refractivity contribution in [2.45, 2.75) is 4.90 Å². The van der Waals surface area contributed by atoms with Crippen molar-refractivity contribution in [3.8, 4) is 11.3 Å². The zero-order valence-corrected chi connectivity index (χ0v) is 14.8. The van der Waals surface area contributed by atoms with Crippen LogP contribution >= 0.6 is 27.3 Å². The quantitative estimate of drug-likeness (QED) is 0.685. The Hall–Kier alpha value is -1.77. The lowest BCUT2D eigenvalue weighted by Gasteiger charge is -2.04. The summed E-state index contributed by atoms with van der Waals surface area (Å²) in [5.41, 5.74) is 1.57. The molecule has 3 aromatic rings. The maximum Gasteiger partial charge on any atom is 0.263 e. The highest BCUT2D eigenvalue weighted by molar-refractivity contribution is 9.10. The van der Waals surface area contributed by atoms with E-state index in [-0.39, 0.29) is 10.0 Å². The maximum atomic E-state index is 12.9. The fraction of sp³-hybridized carbons (Fsp3) is 0. The first-order chi connectivity index (χ1) is 10.9. The molecule has 0 aliphatic rings. The van der Waals surface area contributed by atoms with Crippen LogP contribution in [0.4, 0.5) is 9.52 Å². The van der Waals surface area contributed by atoms with Crippen LogP contribution in [0.15, 0.2) is 63.3 Å². The van der Waals surface area contributed by atoms with Crippen molar-refractivity contribution < 1.29 is 12.8 Å². The summed E-state index contributed by atoms with van der Waals surface area (Å²) in [6.45, 7) is 0. The Labute approximate surface area is 145 Å². The zero-order valence-electron chi connectivity index (χ0n) is 11.5. The molecule has 0 radical (unpaired) electrons. The number of hydrogen-bond donors (Lipinski definition) is 1. The highest BCUT2D eigenvalue weighted by atomic mass is 79.9. The average Bonchev–Trinajstić information content (AvgIpc) is 2.96. The minimum absolute atomic E-state index is 0.0145. The van der Waals surface area contributed by atoms with E-state index >= 15 is 0 Å². The van der Waals surface area contributed by atoms with E-state index in [1.54, 1.807) is 5.38 Å². The molecule has 0 saturated heterocycles. The van der Waals surface area contributed by atoms with Crippen molar-refractivity contribution in [3.63, 3.8) is 0 Å². The van der Waals surface area contributed by atoms with Crippen LogP contribution in [-0.4, -0.2) is 13.4 Å². The Bertz CT molecular complexity index is 923. The van der Waals surface area contributed by atoms with Gasteiger partial charge in [-0.1, -0.05) is 28.1 Å². The molecule has 0 saturated carbocycles. The number of thiazole rings is 1. The number of halogens is 2. The van der Waals surface area contributed by atoms with E-state index in [1.807, 2.05) is 24.3 Å². The molecular formula is C15H10BrFN2O2S2. The van der Waals surface area contributed by atoms with E-state index in [2.05, 4.69) is 25.6 Å². The fourth-order valence-electron chi connectivity index (χ4n) is 1.86. The van der Waals surface area contributed by atoms with Gasteiger partial charge in [0.25, 0.3) is 10.0 Å². The molecule has 0 fully saturated rings. The van der Waals surface area contributed by atoms with Crippen molar-refractivity contribution in [1.29, 1.82) is 0 Å². The Morgan fingerprint density at radius 3 is 2.35 bits per heavy atom. The van der Waals surface area contributed by atoms with Gasteiger partial charge in [-0.15, -0.1) is 11.3 Å². The molecule has 8 heteroatoms. The summed E-state index contributed by atoms with van der Waals surface area (Å²) in [6.07, 6.45) is 0. The van der Waals surface area contributed by atoms with Gasteiger partial charge in [0.2, 0.25) is 0 Å². The van der Waals surface area contributed by atoms with Crippen LogP contribution in [0.1, 0.15) is 0 Å². The monoisotopic (exact) mass is 412 g/mol. The molecule has 0 atom stereocenters. The normalized spacial score (nSPS) is 11.4. The first kappa shape index (κ1) is 16.1. The molecule has 4 nitrogen and oxygen atoms in total. The topological polar surface area (TPSA) is 59.1 Å². The third-order valence-electron chi connectivity index (χ3n) is 2.99. The highest BCUT2D eigenvalue weighted by Gasteiger charge is 2.16. The number of anilines is 1. The molecular weight excluding hydrogens is 403 g/mol. The maximum absolute atomic E-state index is 12.9. The predicted molar refractivity (Wildman–Crippen MR) is 92.5 cm³/mol. The predicted octanol–water partition coefficient (Wildman–Crippen LogP) is 4.51. The van der Waals surface area contributed by atoms with Gasteiger partial charge >= 0.3 is 0 Å². The third kappa shape index (κ3) is 3.77. The third-order valence-corrected chi connectivity index (χ3v) is 5.76. The summed E-state index contributed by atoms with van der Waals surface area (Å²) in [5.74, 6) is -0.490. The molecule has 23 heavy (non-hydrogen) atoms. The van der Waals surface area contributed by atoms with Gasteiger partial charge in [0.05, 0.1) is 10.6 Å². The SMILES string of the molecule is O=S(=O)(Nc1nc(-c2ccc(Br)cc2)cs1)c1ccc(F)cc1. The summed E-state index contributed by atoms with van der Waals surface area (Å²) >= 11 is 4.54. The second kappa shape index (κ2) is 6.38. The number of benzene rings is 2. The second-order valence-electron chi connectivity index (χ2n) is 4.60. The lowest BCUT2D eigenvalue weighted by atomic mass is 10.2. The molecule has 0 bridgehead atoms. The van der Waals surface area contributed by atoms with Crippen molar-refractivity contribution in [2.75, 3.05) is 4.72 Å². The van der Waals surface area contributed by atoms with Gasteiger partial charge in [0.1, 0.15) is 5.82 Å². The number of hydrogen-bond acceptors (Lipinski definition) is 4. The molecule has 0 amide bonds. The van der Waals surface area contributed by atoms with Crippen LogP contribution in [0, 0.1) is 5.82 Å². The van der Waals surface area contributed by atoms with Gasteiger partial charge in [-0.2, -0.15) is 0 Å². The first-order valence-corrected chi connectivity index (χ1v) is 9.59. The van der Waals surface area contributed by atoms with E-state index < -0.39 is 15.8 Å². The van der Waals surface area contributed by atoms with Gasteiger partial charge in [0.15, 0.2) is 5.13 Å². The molecule has 0 spiro atoms. The second-order valence-corrected chi connectivity index (χ2v) is 8.06. The zero-order chi connectivity index (χ0) is 16.4. The highest BCUT2D eigenvalue weighted by Crippen LogP contribution is 2.27. The molecule has 3 rings (SSSR count). The van der Waals surface area contributed by atoms with Crippen molar-refractivity contribution in [3.05, 3.63) is 64.2 Å². The van der Waals surface area contributed by atoms with Gasteiger partial charge in [-0.3, -0.25) is 4.72 Å². The Kier molecular flexibility index (Phi) is 4.47. The molecule has 0 aliphatic heterocycles. The van der Waals surface area contributed by atoms with Crippen LogP contribution < -0.4 is 4.72 Å². The van der Waals surface area contributed by atoms with Crippen molar-refractivity contribution >= 4 is 42.4 Å². The molecule has 1 heterocycles. The van der Waals surface area contributed by atoms with Crippen LogP contribution in [0.3, 0.4) is 0 Å². The van der Waals surface area contributed by atoms with Gasteiger partial charge in [-0.05, 0) is 36.4 Å². The largest absolute Gasteiger partial charge is 0.263 e. The van der Waals surface area contributed by atoms with Crippen LogP contribution in [-0.2, 0) is 10.0 Å². The molecule has 0 unspecified atom stereocenters.